The first-order valence-electron chi connectivity index (χ1n) is 7.82. The molecule has 0 radical (unpaired) electrons. The highest BCUT2D eigenvalue weighted by molar-refractivity contribution is 5.56. The Morgan fingerprint density at radius 2 is 1.83 bits per heavy atom. The van der Waals surface area contributed by atoms with Crippen LogP contribution >= 0.6 is 0 Å². The van der Waals surface area contributed by atoms with E-state index in [4.69, 9.17) is 0 Å². The van der Waals surface area contributed by atoms with E-state index in [1.165, 1.54) is 0 Å². The van der Waals surface area contributed by atoms with Gasteiger partial charge in [0.1, 0.15) is 11.6 Å². The highest BCUT2D eigenvalue weighted by atomic mass is 15.2. The van der Waals surface area contributed by atoms with E-state index in [0.29, 0.717) is 23.8 Å². The van der Waals surface area contributed by atoms with Gasteiger partial charge < -0.3 is 10.6 Å². The number of para-hydroxylation sites is 1. The number of hydrogen-bond donors (Lipinski definition) is 2. The molecule has 2 rings (SSSR count). The fourth-order valence-electron chi connectivity index (χ4n) is 2.28. The fraction of sp³-hybridized carbons (Fsp3) is 0.389. The Hall–Kier alpha value is -2.61. The molecule has 0 saturated heterocycles. The lowest BCUT2D eigenvalue weighted by molar-refractivity contribution is 0.541. The molecule has 0 fully saturated rings. The van der Waals surface area contributed by atoms with Gasteiger partial charge in [0.25, 0.3) is 0 Å². The predicted molar refractivity (Wildman–Crippen MR) is 93.4 cm³/mol. The Morgan fingerprint density at radius 1 is 1.13 bits per heavy atom. The van der Waals surface area contributed by atoms with Crippen LogP contribution in [-0.2, 0) is 0 Å². The van der Waals surface area contributed by atoms with E-state index in [1.807, 2.05) is 44.2 Å². The standard InChI is InChI=1S/C18H23N5/c1-12(2)17(21-15-8-6-5-7-9-15)11-20-18-16(10-19)13(3)14(4)22-23-18/h5-9,12,17,21H,11H2,1-4H3,(H,20,23)/t17-/m0/s1. The third-order valence-electron chi connectivity index (χ3n) is 3.99. The molecule has 1 aromatic carbocycles. The molecule has 0 aliphatic carbocycles. The Kier molecular flexibility index (Phi) is 5.53. The van der Waals surface area contributed by atoms with E-state index in [-0.39, 0.29) is 6.04 Å². The summed E-state index contributed by atoms with van der Waals surface area (Å²) in [6.07, 6.45) is 0. The van der Waals surface area contributed by atoms with Crippen molar-refractivity contribution in [2.24, 2.45) is 5.92 Å². The normalized spacial score (nSPS) is 11.8. The zero-order valence-electron chi connectivity index (χ0n) is 14.1. The van der Waals surface area contributed by atoms with Crippen molar-refractivity contribution in [2.75, 3.05) is 17.2 Å². The van der Waals surface area contributed by atoms with Crippen LogP contribution in [0.4, 0.5) is 11.5 Å². The molecular weight excluding hydrogens is 286 g/mol. The summed E-state index contributed by atoms with van der Waals surface area (Å²) in [6.45, 7) is 8.76. The second-order valence-electron chi connectivity index (χ2n) is 5.99. The minimum Gasteiger partial charge on any atom is -0.380 e. The predicted octanol–water partition coefficient (Wildman–Crippen LogP) is 3.51. The van der Waals surface area contributed by atoms with E-state index in [0.717, 1.165) is 16.9 Å². The number of rotatable bonds is 6. The molecule has 0 unspecified atom stereocenters. The topological polar surface area (TPSA) is 73.6 Å². The van der Waals surface area contributed by atoms with Crippen molar-refractivity contribution in [3.63, 3.8) is 0 Å². The molecular formula is C18H23N5. The zero-order valence-corrected chi connectivity index (χ0v) is 14.1. The summed E-state index contributed by atoms with van der Waals surface area (Å²) in [6, 6.07) is 12.5. The van der Waals surface area contributed by atoms with E-state index >= 15 is 0 Å². The highest BCUT2D eigenvalue weighted by Crippen LogP contribution is 2.18. The number of nitrogens with one attached hydrogen (secondary N) is 2. The maximum absolute atomic E-state index is 9.36. The maximum Gasteiger partial charge on any atom is 0.167 e. The van der Waals surface area contributed by atoms with E-state index in [2.05, 4.69) is 40.7 Å². The molecule has 2 aromatic rings. The van der Waals surface area contributed by atoms with Gasteiger partial charge in [-0.3, -0.25) is 0 Å². The number of benzene rings is 1. The summed E-state index contributed by atoms with van der Waals surface area (Å²) >= 11 is 0. The van der Waals surface area contributed by atoms with Gasteiger partial charge in [-0.2, -0.15) is 10.4 Å². The molecule has 5 heteroatoms. The van der Waals surface area contributed by atoms with Crippen LogP contribution in [0.3, 0.4) is 0 Å². The van der Waals surface area contributed by atoms with Crippen LogP contribution in [0.15, 0.2) is 30.3 Å². The number of nitrogens with zero attached hydrogens (tertiary/aromatic N) is 3. The fourth-order valence-corrected chi connectivity index (χ4v) is 2.28. The van der Waals surface area contributed by atoms with Gasteiger partial charge in [0.05, 0.1) is 5.69 Å². The highest BCUT2D eigenvalue weighted by Gasteiger charge is 2.16. The molecule has 1 heterocycles. The van der Waals surface area contributed by atoms with Crippen LogP contribution in [-0.4, -0.2) is 22.8 Å². The number of aromatic nitrogens is 2. The number of hydrogen-bond acceptors (Lipinski definition) is 5. The molecule has 120 valence electrons. The average Bonchev–Trinajstić information content (AvgIpc) is 2.55. The molecule has 1 aromatic heterocycles. The summed E-state index contributed by atoms with van der Waals surface area (Å²) in [4.78, 5) is 0. The first-order valence-corrected chi connectivity index (χ1v) is 7.82. The summed E-state index contributed by atoms with van der Waals surface area (Å²) in [5.41, 5.74) is 3.32. The minimum absolute atomic E-state index is 0.215. The van der Waals surface area contributed by atoms with Gasteiger partial charge in [-0.1, -0.05) is 32.0 Å². The molecule has 23 heavy (non-hydrogen) atoms. The number of nitriles is 1. The van der Waals surface area contributed by atoms with Gasteiger partial charge in [-0.15, -0.1) is 5.10 Å². The third kappa shape index (κ3) is 4.19. The Morgan fingerprint density at radius 3 is 2.43 bits per heavy atom. The van der Waals surface area contributed by atoms with Gasteiger partial charge in [0, 0.05) is 18.3 Å². The summed E-state index contributed by atoms with van der Waals surface area (Å²) < 4.78 is 0. The van der Waals surface area contributed by atoms with Crippen LogP contribution in [0.25, 0.3) is 0 Å². The molecule has 2 N–H and O–H groups in total. The molecule has 1 atom stereocenters. The Bertz CT molecular complexity index is 689. The minimum atomic E-state index is 0.215. The zero-order chi connectivity index (χ0) is 16.8. The van der Waals surface area contributed by atoms with Crippen LogP contribution in [0.1, 0.15) is 30.7 Å². The van der Waals surface area contributed by atoms with Crippen LogP contribution < -0.4 is 10.6 Å². The van der Waals surface area contributed by atoms with Crippen molar-refractivity contribution in [1.29, 1.82) is 5.26 Å². The SMILES string of the molecule is Cc1nnc(NC[C@H](Nc2ccccc2)C(C)C)c(C#N)c1C. The van der Waals surface area contributed by atoms with Gasteiger partial charge in [-0.05, 0) is 37.5 Å². The molecule has 0 aliphatic rings. The van der Waals surface area contributed by atoms with E-state index in [1.54, 1.807) is 0 Å². The smallest absolute Gasteiger partial charge is 0.167 e. The van der Waals surface area contributed by atoms with Gasteiger partial charge in [0.2, 0.25) is 0 Å². The largest absolute Gasteiger partial charge is 0.380 e. The Labute approximate surface area is 137 Å². The lowest BCUT2D eigenvalue weighted by Gasteiger charge is -2.24. The maximum atomic E-state index is 9.36. The van der Waals surface area contributed by atoms with Crippen LogP contribution in [0.2, 0.25) is 0 Å². The van der Waals surface area contributed by atoms with Gasteiger partial charge in [-0.25, -0.2) is 0 Å². The second-order valence-corrected chi connectivity index (χ2v) is 5.99. The third-order valence-corrected chi connectivity index (χ3v) is 3.99. The average molecular weight is 309 g/mol. The first-order chi connectivity index (χ1) is 11.0. The first kappa shape index (κ1) is 16.8. The van der Waals surface area contributed by atoms with Gasteiger partial charge in [0.15, 0.2) is 5.82 Å². The van der Waals surface area contributed by atoms with Gasteiger partial charge >= 0.3 is 0 Å². The summed E-state index contributed by atoms with van der Waals surface area (Å²) in [5.74, 6) is 0.976. The lowest BCUT2D eigenvalue weighted by atomic mass is 10.0. The van der Waals surface area contributed by atoms with Crippen molar-refractivity contribution >= 4 is 11.5 Å². The van der Waals surface area contributed by atoms with Crippen LogP contribution in [0.5, 0.6) is 0 Å². The number of aryl methyl sites for hydroxylation is 1. The van der Waals surface area contributed by atoms with E-state index < -0.39 is 0 Å². The van der Waals surface area contributed by atoms with Crippen molar-refractivity contribution < 1.29 is 0 Å². The molecule has 0 aliphatic heterocycles. The molecule has 0 spiro atoms. The second kappa shape index (κ2) is 7.59. The van der Waals surface area contributed by atoms with Crippen molar-refractivity contribution in [2.45, 2.75) is 33.7 Å². The Balaban J connectivity index is 2.11. The summed E-state index contributed by atoms with van der Waals surface area (Å²) in [7, 11) is 0. The van der Waals surface area contributed by atoms with Crippen molar-refractivity contribution in [1.82, 2.24) is 10.2 Å². The lowest BCUT2D eigenvalue weighted by Crippen LogP contribution is -2.33. The van der Waals surface area contributed by atoms with Crippen molar-refractivity contribution in [3.8, 4) is 6.07 Å². The molecule has 0 saturated carbocycles. The quantitative estimate of drug-likeness (QED) is 0.854. The summed E-state index contributed by atoms with van der Waals surface area (Å²) in [5, 5.41) is 24.4. The van der Waals surface area contributed by atoms with Crippen LogP contribution in [0, 0.1) is 31.1 Å². The van der Waals surface area contributed by atoms with Crippen molar-refractivity contribution in [3.05, 3.63) is 47.2 Å². The monoisotopic (exact) mass is 309 g/mol. The molecule has 5 nitrogen and oxygen atoms in total. The molecule has 0 bridgehead atoms. The number of anilines is 2. The molecule has 0 amide bonds. The van der Waals surface area contributed by atoms with E-state index in [9.17, 15) is 5.26 Å².